The molecule has 0 aromatic heterocycles. The lowest BCUT2D eigenvalue weighted by Gasteiger charge is -2.45. The van der Waals surface area contributed by atoms with Crippen LogP contribution in [0.15, 0.2) is 0 Å². The Labute approximate surface area is 277 Å². The molecule has 0 aliphatic heterocycles. The molecule has 266 valence electrons. The predicted molar refractivity (Wildman–Crippen MR) is 191 cm³/mol. The van der Waals surface area contributed by atoms with Crippen LogP contribution in [0.5, 0.6) is 0 Å². The number of hydrogen-bond acceptors (Lipinski definition) is 13. The van der Waals surface area contributed by atoms with Crippen molar-refractivity contribution >= 4 is 69.5 Å². The van der Waals surface area contributed by atoms with Crippen LogP contribution in [0.3, 0.4) is 0 Å². The summed E-state index contributed by atoms with van der Waals surface area (Å²) in [5.41, 5.74) is 0. The van der Waals surface area contributed by atoms with E-state index in [-0.39, 0.29) is 0 Å². The normalized spacial score (nSPS) is 14.6. The van der Waals surface area contributed by atoms with E-state index >= 15 is 0 Å². The monoisotopic (exact) mass is 772 g/mol. The summed E-state index contributed by atoms with van der Waals surface area (Å²) >= 11 is 0. The fourth-order valence-electron chi connectivity index (χ4n) is 4.62. The fourth-order valence-corrected chi connectivity index (χ4v) is 34.0. The van der Waals surface area contributed by atoms with Gasteiger partial charge in [-0.2, -0.15) is 0 Å². The SMILES string of the molecule is CO[Si](CC[Si](C)(C)O[Si](O[SiH](C)C)(O[Si](C)(C)CC[Si](OC)(OC)OC)O[Si](C)(C)CC[Si](OC)(OC)OC)(OC)OC. The highest BCUT2D eigenvalue weighted by Gasteiger charge is 2.58. The predicted octanol–water partition coefficient (Wildman–Crippen LogP) is 4.72. The Morgan fingerprint density at radius 1 is 0.364 bits per heavy atom. The third-order valence-corrected chi connectivity index (χ3v) is 34.2. The van der Waals surface area contributed by atoms with Crippen molar-refractivity contribution in [2.45, 2.75) is 88.6 Å². The molecule has 0 unspecified atom stereocenters. The van der Waals surface area contributed by atoms with Gasteiger partial charge in [0.15, 0.2) is 34.0 Å². The van der Waals surface area contributed by atoms with Crippen LogP contribution < -0.4 is 0 Å². The Morgan fingerprint density at radius 3 is 0.727 bits per heavy atom. The summed E-state index contributed by atoms with van der Waals surface area (Å²) in [5, 5.41) is 0. The highest BCUT2D eigenvalue weighted by Crippen LogP contribution is 2.35. The maximum atomic E-state index is 7.16. The molecule has 0 aliphatic carbocycles. The van der Waals surface area contributed by atoms with Gasteiger partial charge in [-0.15, -0.1) is 0 Å². The quantitative estimate of drug-likeness (QED) is 0.113. The van der Waals surface area contributed by atoms with Gasteiger partial charge in [-0.1, -0.05) is 0 Å². The average molecular weight is 773 g/mol. The van der Waals surface area contributed by atoms with Crippen molar-refractivity contribution in [3.63, 3.8) is 0 Å². The van der Waals surface area contributed by atoms with Gasteiger partial charge >= 0.3 is 35.5 Å². The van der Waals surface area contributed by atoms with Crippen LogP contribution in [0.4, 0.5) is 0 Å². The molecule has 0 aromatic carbocycles. The van der Waals surface area contributed by atoms with Crippen molar-refractivity contribution < 1.29 is 56.3 Å². The van der Waals surface area contributed by atoms with Gasteiger partial charge in [0.05, 0.1) is 0 Å². The molecule has 0 amide bonds. The van der Waals surface area contributed by atoms with Crippen LogP contribution in [0.2, 0.25) is 88.6 Å². The van der Waals surface area contributed by atoms with E-state index in [1.807, 2.05) is 0 Å². The molecule has 0 aromatic rings. The zero-order valence-electron chi connectivity index (χ0n) is 30.6. The van der Waals surface area contributed by atoms with E-state index in [4.69, 9.17) is 56.3 Å². The summed E-state index contributed by atoms with van der Waals surface area (Å²) in [5.74, 6) is 0. The Balaban J connectivity index is 6.65. The molecule has 21 heteroatoms. The van der Waals surface area contributed by atoms with E-state index in [9.17, 15) is 0 Å². The van der Waals surface area contributed by atoms with Crippen LogP contribution in [-0.4, -0.2) is 133 Å². The maximum absolute atomic E-state index is 7.16. The Hall–Kier alpha value is 1.22. The van der Waals surface area contributed by atoms with Crippen LogP contribution in [0.1, 0.15) is 0 Å². The minimum atomic E-state index is -3.72. The number of rotatable bonds is 26. The lowest BCUT2D eigenvalue weighted by Crippen LogP contribution is -2.65. The van der Waals surface area contributed by atoms with Gasteiger partial charge in [-0.05, 0) is 70.5 Å². The van der Waals surface area contributed by atoms with Crippen molar-refractivity contribution in [1.29, 1.82) is 0 Å². The lowest BCUT2D eigenvalue weighted by molar-refractivity contribution is 0.121. The first-order valence-electron chi connectivity index (χ1n) is 15.0. The first-order chi connectivity index (χ1) is 20.2. The van der Waals surface area contributed by atoms with Gasteiger partial charge < -0.3 is 56.3 Å². The minimum Gasteiger partial charge on any atom is -0.399 e. The Morgan fingerprint density at radius 2 is 0.568 bits per heavy atom. The molecule has 13 nitrogen and oxygen atoms in total. The zero-order chi connectivity index (χ0) is 34.5. The van der Waals surface area contributed by atoms with Gasteiger partial charge in [-0.25, -0.2) is 0 Å². The van der Waals surface area contributed by atoms with Gasteiger partial charge in [0.1, 0.15) is 0 Å². The molecular formula is C23H64O13Si8. The maximum Gasteiger partial charge on any atom is 0.636 e. The molecule has 0 heterocycles. The van der Waals surface area contributed by atoms with Gasteiger partial charge in [0, 0.05) is 82.1 Å². The first kappa shape index (κ1) is 45.2. The molecule has 0 atom stereocenters. The van der Waals surface area contributed by atoms with Crippen molar-refractivity contribution in [1.82, 2.24) is 0 Å². The fraction of sp³-hybridized carbons (Fsp3) is 1.00. The van der Waals surface area contributed by atoms with E-state index in [2.05, 4.69) is 52.4 Å². The summed E-state index contributed by atoms with van der Waals surface area (Å²) in [6.07, 6.45) is 0. The third-order valence-electron chi connectivity index (χ3n) is 7.48. The summed E-state index contributed by atoms with van der Waals surface area (Å²) in [6.45, 7) is 17.2. The average Bonchev–Trinajstić information content (AvgIpc) is 2.95. The smallest absolute Gasteiger partial charge is 0.399 e. The molecule has 0 radical (unpaired) electrons. The summed E-state index contributed by atoms with van der Waals surface area (Å²) in [7, 11) is -6.78. The van der Waals surface area contributed by atoms with Crippen molar-refractivity contribution in [3.8, 4) is 0 Å². The number of hydrogen-bond donors (Lipinski definition) is 0. The van der Waals surface area contributed by atoms with Gasteiger partial charge in [-0.3, -0.25) is 0 Å². The second kappa shape index (κ2) is 19.4. The molecule has 44 heavy (non-hydrogen) atoms. The zero-order valence-corrected chi connectivity index (χ0v) is 38.8. The molecule has 0 rings (SSSR count). The largest absolute Gasteiger partial charge is 0.636 e. The second-order valence-electron chi connectivity index (χ2n) is 12.6. The minimum absolute atomic E-state index is 0.605. The lowest BCUT2D eigenvalue weighted by atomic mass is 10.9. The Kier molecular flexibility index (Phi) is 20.0. The first-order valence-corrected chi connectivity index (χ1v) is 34.5. The molecular weight excluding hydrogens is 709 g/mol. The van der Waals surface area contributed by atoms with Crippen LogP contribution >= 0.6 is 0 Å². The highest BCUT2D eigenvalue weighted by molar-refractivity contribution is 6.91. The van der Waals surface area contributed by atoms with E-state index < -0.39 is 69.5 Å². The van der Waals surface area contributed by atoms with E-state index in [0.29, 0.717) is 36.3 Å². The highest BCUT2D eigenvalue weighted by atomic mass is 28.5. The summed E-state index contributed by atoms with van der Waals surface area (Å²) < 4.78 is 79.8. The van der Waals surface area contributed by atoms with E-state index in [1.54, 1.807) is 64.0 Å². The van der Waals surface area contributed by atoms with Crippen molar-refractivity contribution in [2.75, 3.05) is 64.0 Å². The van der Waals surface area contributed by atoms with Gasteiger partial charge in [0.25, 0.3) is 0 Å². The van der Waals surface area contributed by atoms with E-state index in [0.717, 1.165) is 0 Å². The summed E-state index contributed by atoms with van der Waals surface area (Å²) in [6, 6.07) is 3.95. The molecule has 0 saturated heterocycles. The van der Waals surface area contributed by atoms with Crippen LogP contribution in [-0.2, 0) is 56.3 Å². The molecule has 0 aliphatic rings. The molecule has 0 N–H and O–H groups in total. The van der Waals surface area contributed by atoms with E-state index in [1.165, 1.54) is 0 Å². The van der Waals surface area contributed by atoms with Crippen LogP contribution in [0, 0.1) is 0 Å². The molecule has 0 spiro atoms. The molecule has 0 bridgehead atoms. The third kappa shape index (κ3) is 14.8. The molecule has 0 fully saturated rings. The standard InChI is InChI=1S/C23H64O13Si8/c1-24-41(25-2,26-3)21-18-38(12,13)34-44(33-37(10)11,35-39(14,15)19-22-42(27-4,28-5)29-6)36-40(16,17)20-23-43(30-7,31-8)32-9/h37H,18-23H2,1-17H3. The van der Waals surface area contributed by atoms with Gasteiger partial charge in [0.2, 0.25) is 0 Å². The van der Waals surface area contributed by atoms with Crippen molar-refractivity contribution in [3.05, 3.63) is 0 Å². The Bertz CT molecular complexity index is 680. The topological polar surface area (TPSA) is 120 Å². The van der Waals surface area contributed by atoms with Crippen LogP contribution in [0.25, 0.3) is 0 Å². The van der Waals surface area contributed by atoms with Crippen molar-refractivity contribution in [2.24, 2.45) is 0 Å². The summed E-state index contributed by atoms with van der Waals surface area (Å²) in [4.78, 5) is 0. The second-order valence-corrected chi connectivity index (χ2v) is 40.5. The molecule has 0 saturated carbocycles.